The van der Waals surface area contributed by atoms with Crippen LogP contribution in [0.25, 0.3) is 0 Å². The summed E-state index contributed by atoms with van der Waals surface area (Å²) in [5, 5.41) is 0. The van der Waals surface area contributed by atoms with Crippen molar-refractivity contribution in [2.24, 2.45) is 5.41 Å². The van der Waals surface area contributed by atoms with Gasteiger partial charge in [-0.25, -0.2) is 4.79 Å². The van der Waals surface area contributed by atoms with Crippen LogP contribution in [0.5, 0.6) is 0 Å². The monoisotopic (exact) mass is 351 g/mol. The number of rotatable bonds is 2. The first kappa shape index (κ1) is 18.6. The van der Waals surface area contributed by atoms with Crippen molar-refractivity contribution in [1.29, 1.82) is 0 Å². The zero-order valence-electron chi connectivity index (χ0n) is 13.2. The Morgan fingerprint density at radius 2 is 1.55 bits per heavy atom. The minimum Gasteiger partial charge on any atom is -0.412 e. The van der Waals surface area contributed by atoms with Crippen LogP contribution in [0.4, 0.5) is 0 Å². The maximum absolute atomic E-state index is 12.5. The van der Waals surface area contributed by atoms with Crippen LogP contribution in [0.3, 0.4) is 0 Å². The Kier molecular flexibility index (Phi) is 4.53. The number of hydrogen-bond acceptors (Lipinski definition) is 6. The summed E-state index contributed by atoms with van der Waals surface area (Å²) >= 11 is 0. The SMILES string of the molecule is CC(C)(C)C(=O)c1c(C(C)(C)C)oc(=O)n(S(=O)(=O)Cl)c1=O. The number of aromatic nitrogens is 1. The molecule has 0 aliphatic rings. The summed E-state index contributed by atoms with van der Waals surface area (Å²) in [6.45, 7) is 9.57. The lowest BCUT2D eigenvalue weighted by atomic mass is 9.82. The van der Waals surface area contributed by atoms with E-state index in [2.05, 4.69) is 0 Å². The molecule has 1 aromatic heterocycles. The second kappa shape index (κ2) is 5.34. The smallest absolute Gasteiger partial charge is 0.412 e. The first-order valence-electron chi connectivity index (χ1n) is 6.39. The normalized spacial score (nSPS) is 13.2. The molecule has 0 aliphatic carbocycles. The van der Waals surface area contributed by atoms with Crippen LogP contribution in [-0.2, 0) is 14.7 Å². The van der Waals surface area contributed by atoms with Gasteiger partial charge >= 0.3 is 15.0 Å². The van der Waals surface area contributed by atoms with Gasteiger partial charge in [-0.2, -0.15) is 8.42 Å². The highest BCUT2D eigenvalue weighted by Gasteiger charge is 2.36. The fourth-order valence-corrected chi connectivity index (χ4v) is 2.61. The predicted molar refractivity (Wildman–Crippen MR) is 81.9 cm³/mol. The van der Waals surface area contributed by atoms with Gasteiger partial charge in [0.1, 0.15) is 11.3 Å². The highest BCUT2D eigenvalue weighted by molar-refractivity contribution is 8.12. The number of ketones is 1. The molecule has 9 heteroatoms. The van der Waals surface area contributed by atoms with Crippen molar-refractivity contribution in [1.82, 2.24) is 3.97 Å². The number of halogens is 1. The molecule has 7 nitrogen and oxygen atoms in total. The second-order valence-corrected chi connectivity index (χ2v) is 9.27. The minimum absolute atomic E-state index is 0.168. The molecule has 22 heavy (non-hydrogen) atoms. The fourth-order valence-electron chi connectivity index (χ4n) is 1.75. The molecular formula is C13H18ClNO6S. The van der Waals surface area contributed by atoms with Crippen LogP contribution in [0, 0.1) is 5.41 Å². The summed E-state index contributed by atoms with van der Waals surface area (Å²) in [7, 11) is 0.381. The van der Waals surface area contributed by atoms with Gasteiger partial charge in [-0.3, -0.25) is 9.59 Å². The van der Waals surface area contributed by atoms with E-state index < -0.39 is 42.7 Å². The van der Waals surface area contributed by atoms with Crippen molar-refractivity contribution in [2.45, 2.75) is 47.0 Å². The third-order valence-electron chi connectivity index (χ3n) is 2.79. The number of carbonyl (C=O) groups excluding carboxylic acids is 1. The van der Waals surface area contributed by atoms with E-state index in [0.717, 1.165) is 0 Å². The zero-order chi connectivity index (χ0) is 17.7. The van der Waals surface area contributed by atoms with Crippen molar-refractivity contribution in [3.63, 3.8) is 0 Å². The van der Waals surface area contributed by atoms with Gasteiger partial charge in [0.25, 0.3) is 5.56 Å². The lowest BCUT2D eigenvalue weighted by molar-refractivity contribution is 0.0848. The van der Waals surface area contributed by atoms with Crippen LogP contribution in [0.2, 0.25) is 0 Å². The number of carbonyl (C=O) groups is 1. The Hall–Kier alpha value is -1.41. The topological polar surface area (TPSA) is 103 Å². The Bertz CT molecular complexity index is 833. The average Bonchev–Trinajstić information content (AvgIpc) is 2.22. The van der Waals surface area contributed by atoms with Gasteiger partial charge in [0, 0.05) is 21.5 Å². The van der Waals surface area contributed by atoms with Crippen LogP contribution in [0.15, 0.2) is 14.0 Å². The highest BCUT2D eigenvalue weighted by Crippen LogP contribution is 2.28. The van der Waals surface area contributed by atoms with Gasteiger partial charge in [0.05, 0.1) is 0 Å². The molecule has 1 aromatic rings. The molecule has 0 bridgehead atoms. The van der Waals surface area contributed by atoms with Crippen LogP contribution < -0.4 is 11.3 Å². The van der Waals surface area contributed by atoms with Gasteiger partial charge in [0.2, 0.25) is 0 Å². The summed E-state index contributed by atoms with van der Waals surface area (Å²) in [5.74, 6) is -2.25. The van der Waals surface area contributed by atoms with E-state index in [1.165, 1.54) is 0 Å². The van der Waals surface area contributed by atoms with E-state index in [1.54, 1.807) is 41.5 Å². The Morgan fingerprint density at radius 1 is 1.09 bits per heavy atom. The van der Waals surface area contributed by atoms with Crippen molar-refractivity contribution in [3.05, 3.63) is 32.2 Å². The van der Waals surface area contributed by atoms with E-state index in [9.17, 15) is 22.8 Å². The molecule has 0 N–H and O–H groups in total. The summed E-state index contributed by atoms with van der Waals surface area (Å²) in [4.78, 5) is 36.7. The summed E-state index contributed by atoms with van der Waals surface area (Å²) in [5.41, 5.74) is -3.61. The Morgan fingerprint density at radius 3 is 1.86 bits per heavy atom. The molecule has 124 valence electrons. The zero-order valence-corrected chi connectivity index (χ0v) is 14.8. The molecule has 0 aromatic carbocycles. The summed E-state index contributed by atoms with van der Waals surface area (Å²) in [6.07, 6.45) is 0. The second-order valence-electron chi connectivity index (χ2n) is 6.91. The molecule has 0 spiro atoms. The first-order valence-corrected chi connectivity index (χ1v) is 8.65. The molecule has 0 radical (unpaired) electrons. The Balaban J connectivity index is 4.07. The van der Waals surface area contributed by atoms with Gasteiger partial charge in [-0.05, 0) is 0 Å². The van der Waals surface area contributed by atoms with E-state index >= 15 is 0 Å². The lowest BCUT2D eigenvalue weighted by Gasteiger charge is -2.23. The predicted octanol–water partition coefficient (Wildman–Crippen LogP) is 1.66. The quantitative estimate of drug-likeness (QED) is 0.593. The molecule has 0 saturated heterocycles. The summed E-state index contributed by atoms with van der Waals surface area (Å²) < 4.78 is 27.5. The maximum Gasteiger partial charge on any atom is 0.437 e. The van der Waals surface area contributed by atoms with Crippen LogP contribution >= 0.6 is 10.7 Å². The number of hydrogen-bond donors (Lipinski definition) is 0. The van der Waals surface area contributed by atoms with Gasteiger partial charge in [-0.1, -0.05) is 41.5 Å². The van der Waals surface area contributed by atoms with Gasteiger partial charge < -0.3 is 4.42 Å². The first-order chi connectivity index (χ1) is 9.58. The van der Waals surface area contributed by atoms with Crippen molar-refractivity contribution >= 4 is 25.7 Å². The molecule has 0 aliphatic heterocycles. The standard InChI is InChI=1S/C13H18ClNO6S/c1-12(2,3)8(16)7-9(13(4,5)6)21-11(18)15(10(7)17)22(14,19)20/h1-6H3. The molecule has 0 atom stereocenters. The maximum atomic E-state index is 12.5. The third-order valence-corrected chi connectivity index (χ3v) is 3.95. The van der Waals surface area contributed by atoms with E-state index in [1.807, 2.05) is 0 Å². The van der Waals surface area contributed by atoms with Crippen molar-refractivity contribution < 1.29 is 17.6 Å². The number of Topliss-reactive ketones (excluding diaryl/α,β-unsaturated/α-hetero) is 1. The van der Waals surface area contributed by atoms with Gasteiger partial charge in [-0.15, -0.1) is 3.97 Å². The average molecular weight is 352 g/mol. The van der Waals surface area contributed by atoms with E-state index in [-0.39, 0.29) is 9.73 Å². The largest absolute Gasteiger partial charge is 0.437 e. The van der Waals surface area contributed by atoms with Gasteiger partial charge in [0.15, 0.2) is 5.78 Å². The van der Waals surface area contributed by atoms with Crippen LogP contribution in [-0.4, -0.2) is 18.2 Å². The lowest BCUT2D eigenvalue weighted by Crippen LogP contribution is -2.43. The number of nitrogens with zero attached hydrogens (tertiary/aromatic N) is 1. The third kappa shape index (κ3) is 3.49. The molecule has 0 unspecified atom stereocenters. The van der Waals surface area contributed by atoms with E-state index in [0.29, 0.717) is 0 Å². The summed E-state index contributed by atoms with van der Waals surface area (Å²) in [6, 6.07) is 0. The fraction of sp³-hybridized carbons (Fsp3) is 0.615. The molecule has 1 rings (SSSR count). The van der Waals surface area contributed by atoms with Crippen LogP contribution in [0.1, 0.15) is 57.7 Å². The van der Waals surface area contributed by atoms with E-state index in [4.69, 9.17) is 15.1 Å². The Labute approximate surface area is 132 Å². The van der Waals surface area contributed by atoms with Crippen molar-refractivity contribution in [3.8, 4) is 0 Å². The molecule has 0 fully saturated rings. The highest BCUT2D eigenvalue weighted by atomic mass is 35.7. The molecular weight excluding hydrogens is 334 g/mol. The van der Waals surface area contributed by atoms with Crippen molar-refractivity contribution in [2.75, 3.05) is 0 Å². The molecule has 0 amide bonds. The minimum atomic E-state index is -4.71. The molecule has 0 saturated carbocycles. The molecule has 1 heterocycles.